The molecule has 0 unspecified atom stereocenters. The summed E-state index contributed by atoms with van der Waals surface area (Å²) in [6, 6.07) is 10.8. The van der Waals surface area contributed by atoms with Gasteiger partial charge in [-0.15, -0.1) is 0 Å². The zero-order chi connectivity index (χ0) is 17.7. The summed E-state index contributed by atoms with van der Waals surface area (Å²) >= 11 is 0. The molecule has 2 rings (SSSR count). The Morgan fingerprint density at radius 3 is 2.33 bits per heavy atom. The maximum absolute atomic E-state index is 12.6. The molecular formula is C19H22N2O3. The van der Waals surface area contributed by atoms with Gasteiger partial charge in [0.05, 0.1) is 11.3 Å². The molecule has 0 radical (unpaired) electrons. The first-order valence-electron chi connectivity index (χ1n) is 8.02. The number of carboxylic acids is 1. The number of aromatic nitrogens is 1. The van der Waals surface area contributed by atoms with Crippen molar-refractivity contribution < 1.29 is 14.7 Å². The molecule has 0 aliphatic heterocycles. The van der Waals surface area contributed by atoms with Crippen molar-refractivity contribution >= 4 is 17.6 Å². The lowest BCUT2D eigenvalue weighted by atomic mass is 10.1. The highest BCUT2D eigenvalue weighted by molar-refractivity contribution is 6.04. The van der Waals surface area contributed by atoms with Crippen molar-refractivity contribution in [1.82, 2.24) is 4.98 Å². The Morgan fingerprint density at radius 1 is 1.12 bits per heavy atom. The van der Waals surface area contributed by atoms with Gasteiger partial charge in [0.15, 0.2) is 0 Å². The van der Waals surface area contributed by atoms with Crippen molar-refractivity contribution in [3.8, 4) is 0 Å². The fourth-order valence-electron chi connectivity index (χ4n) is 2.46. The highest BCUT2D eigenvalue weighted by Crippen LogP contribution is 2.18. The molecule has 1 aromatic heterocycles. The number of carbonyl (C=O) groups is 2. The summed E-state index contributed by atoms with van der Waals surface area (Å²) in [6.45, 7) is 3.74. The maximum atomic E-state index is 12.6. The van der Waals surface area contributed by atoms with Gasteiger partial charge in [-0.1, -0.05) is 25.5 Å². The zero-order valence-electron chi connectivity index (χ0n) is 14.2. The van der Waals surface area contributed by atoms with E-state index in [1.54, 1.807) is 14.0 Å². The molecule has 1 heterocycles. The van der Waals surface area contributed by atoms with Crippen LogP contribution in [0.1, 0.15) is 51.9 Å². The topological polar surface area (TPSA) is 70.5 Å². The summed E-state index contributed by atoms with van der Waals surface area (Å²) in [5, 5.41) is 9.03. The Morgan fingerprint density at radius 2 is 1.79 bits per heavy atom. The van der Waals surface area contributed by atoms with E-state index in [0.29, 0.717) is 5.69 Å². The van der Waals surface area contributed by atoms with E-state index in [2.05, 4.69) is 11.9 Å². The number of pyridine rings is 1. The Hall–Kier alpha value is -2.69. The molecule has 0 saturated heterocycles. The minimum Gasteiger partial charge on any atom is -0.478 e. The average Bonchev–Trinajstić information content (AvgIpc) is 2.58. The van der Waals surface area contributed by atoms with Crippen LogP contribution in [0.15, 0.2) is 36.4 Å². The molecule has 1 aromatic carbocycles. The van der Waals surface area contributed by atoms with Crippen molar-refractivity contribution in [3.05, 3.63) is 58.9 Å². The van der Waals surface area contributed by atoms with Crippen LogP contribution in [0.3, 0.4) is 0 Å². The quantitative estimate of drug-likeness (QED) is 0.878. The van der Waals surface area contributed by atoms with Crippen LogP contribution >= 0.6 is 0 Å². The average molecular weight is 326 g/mol. The van der Waals surface area contributed by atoms with Crippen molar-refractivity contribution in [2.75, 3.05) is 11.9 Å². The third-order valence-corrected chi connectivity index (χ3v) is 3.98. The lowest BCUT2D eigenvalue weighted by Gasteiger charge is -2.17. The van der Waals surface area contributed by atoms with E-state index in [9.17, 15) is 9.59 Å². The third kappa shape index (κ3) is 3.98. The number of aromatic carboxylic acids is 1. The van der Waals surface area contributed by atoms with Gasteiger partial charge < -0.3 is 10.0 Å². The van der Waals surface area contributed by atoms with Crippen LogP contribution in [-0.2, 0) is 6.42 Å². The van der Waals surface area contributed by atoms with Gasteiger partial charge >= 0.3 is 5.97 Å². The van der Waals surface area contributed by atoms with Crippen LogP contribution < -0.4 is 4.90 Å². The number of unbranched alkanes of at least 4 members (excludes halogenated alkanes) is 1. The minimum atomic E-state index is -1.05. The van der Waals surface area contributed by atoms with Crippen LogP contribution in [0, 0.1) is 6.92 Å². The van der Waals surface area contributed by atoms with Crippen LogP contribution in [0.5, 0.6) is 0 Å². The highest BCUT2D eigenvalue weighted by atomic mass is 16.4. The maximum Gasteiger partial charge on any atom is 0.337 e. The van der Waals surface area contributed by atoms with Crippen molar-refractivity contribution in [3.63, 3.8) is 0 Å². The number of anilines is 1. The first-order chi connectivity index (χ1) is 11.4. The largest absolute Gasteiger partial charge is 0.478 e. The monoisotopic (exact) mass is 326 g/mol. The SMILES string of the molecule is CCCCc1ccc(N(C)C(=O)c2ccc(C(=O)O)c(C)n2)cc1. The third-order valence-electron chi connectivity index (χ3n) is 3.98. The summed E-state index contributed by atoms with van der Waals surface area (Å²) in [7, 11) is 1.69. The number of hydrogen-bond donors (Lipinski definition) is 1. The second-order valence-electron chi connectivity index (χ2n) is 5.77. The van der Waals surface area contributed by atoms with Crippen LogP contribution in [0.2, 0.25) is 0 Å². The second-order valence-corrected chi connectivity index (χ2v) is 5.77. The second kappa shape index (κ2) is 7.73. The van der Waals surface area contributed by atoms with Gasteiger partial charge in [0.25, 0.3) is 5.91 Å². The van der Waals surface area contributed by atoms with Crippen LogP contribution in [0.4, 0.5) is 5.69 Å². The summed E-state index contributed by atoms with van der Waals surface area (Å²) in [6.07, 6.45) is 3.33. The molecule has 0 atom stereocenters. The lowest BCUT2D eigenvalue weighted by Crippen LogP contribution is -2.27. The van der Waals surface area contributed by atoms with E-state index in [-0.39, 0.29) is 17.2 Å². The number of benzene rings is 1. The Balaban J connectivity index is 2.17. The normalized spacial score (nSPS) is 10.5. The summed E-state index contributed by atoms with van der Waals surface area (Å²) in [5.41, 5.74) is 2.70. The number of hydrogen-bond acceptors (Lipinski definition) is 3. The predicted molar refractivity (Wildman–Crippen MR) is 93.7 cm³/mol. The summed E-state index contributed by atoms with van der Waals surface area (Å²) in [4.78, 5) is 29.2. The number of carbonyl (C=O) groups excluding carboxylic acids is 1. The van der Waals surface area contributed by atoms with Gasteiger partial charge in [0.2, 0.25) is 0 Å². The van der Waals surface area contributed by atoms with Crippen LogP contribution in [0.25, 0.3) is 0 Å². The number of amides is 1. The molecule has 5 nitrogen and oxygen atoms in total. The summed E-state index contributed by atoms with van der Waals surface area (Å²) < 4.78 is 0. The van der Waals surface area contributed by atoms with Crippen molar-refractivity contribution in [2.24, 2.45) is 0 Å². The first kappa shape index (κ1) is 17.7. The molecule has 0 fully saturated rings. The lowest BCUT2D eigenvalue weighted by molar-refractivity contribution is 0.0695. The van der Waals surface area contributed by atoms with Gasteiger partial charge in [-0.25, -0.2) is 9.78 Å². The smallest absolute Gasteiger partial charge is 0.337 e. The van der Waals surface area contributed by atoms with Gasteiger partial charge in [-0.3, -0.25) is 4.79 Å². The van der Waals surface area contributed by atoms with Gasteiger partial charge in [-0.05, 0) is 49.6 Å². The molecular weight excluding hydrogens is 304 g/mol. The standard InChI is InChI=1S/C19H22N2O3/c1-4-5-6-14-7-9-15(10-8-14)21(3)18(22)17-12-11-16(19(23)24)13(2)20-17/h7-12H,4-6H2,1-3H3,(H,23,24). The van der Waals surface area contributed by atoms with Gasteiger partial charge in [-0.2, -0.15) is 0 Å². The van der Waals surface area contributed by atoms with Gasteiger partial charge in [0.1, 0.15) is 5.69 Å². The number of nitrogens with zero attached hydrogens (tertiary/aromatic N) is 2. The summed E-state index contributed by atoms with van der Waals surface area (Å²) in [5.74, 6) is -1.31. The minimum absolute atomic E-state index is 0.106. The first-order valence-corrected chi connectivity index (χ1v) is 8.02. The number of carboxylic acid groups (broad SMARTS) is 1. The van der Waals surface area contributed by atoms with E-state index in [0.717, 1.165) is 24.9 Å². The Kier molecular flexibility index (Phi) is 5.68. The van der Waals surface area contributed by atoms with Crippen molar-refractivity contribution in [1.29, 1.82) is 0 Å². The number of aryl methyl sites for hydroxylation is 2. The zero-order valence-corrected chi connectivity index (χ0v) is 14.2. The van der Waals surface area contributed by atoms with E-state index >= 15 is 0 Å². The van der Waals surface area contributed by atoms with Crippen molar-refractivity contribution in [2.45, 2.75) is 33.1 Å². The van der Waals surface area contributed by atoms with Gasteiger partial charge in [0, 0.05) is 12.7 Å². The fourth-order valence-corrected chi connectivity index (χ4v) is 2.46. The Bertz CT molecular complexity index is 739. The molecule has 0 spiro atoms. The highest BCUT2D eigenvalue weighted by Gasteiger charge is 2.17. The molecule has 24 heavy (non-hydrogen) atoms. The number of rotatable bonds is 6. The van der Waals surface area contributed by atoms with E-state index in [1.807, 2.05) is 24.3 Å². The molecule has 0 aliphatic carbocycles. The molecule has 126 valence electrons. The Labute approximate surface area is 142 Å². The molecule has 0 saturated carbocycles. The molecule has 2 aromatic rings. The molecule has 1 amide bonds. The molecule has 0 aliphatic rings. The predicted octanol–water partition coefficient (Wildman–Crippen LogP) is 3.71. The van der Waals surface area contributed by atoms with E-state index < -0.39 is 5.97 Å². The molecule has 0 bridgehead atoms. The fraction of sp³-hybridized carbons (Fsp3) is 0.316. The molecule has 5 heteroatoms. The van der Waals surface area contributed by atoms with Crippen LogP contribution in [-0.4, -0.2) is 29.0 Å². The van der Waals surface area contributed by atoms with E-state index in [1.165, 1.54) is 22.6 Å². The van der Waals surface area contributed by atoms with E-state index in [4.69, 9.17) is 5.11 Å². The molecule has 1 N–H and O–H groups in total.